The summed E-state index contributed by atoms with van der Waals surface area (Å²) < 4.78 is 0. The van der Waals surface area contributed by atoms with E-state index >= 15 is 0 Å². The molecule has 4 aliphatic rings. The molecule has 2 saturated heterocycles. The molecule has 0 spiro atoms. The number of likely N-dealkylation sites (tertiary alicyclic amines) is 2. The smallest absolute Gasteiger partial charge is 0.229 e. The maximum absolute atomic E-state index is 12.8. The van der Waals surface area contributed by atoms with Gasteiger partial charge in [0.05, 0.1) is 35.4 Å². The van der Waals surface area contributed by atoms with Crippen molar-refractivity contribution in [1.29, 1.82) is 5.26 Å². The molecule has 3 aliphatic heterocycles. The largest absolute Gasteiger partial charge is 0.393 e. The van der Waals surface area contributed by atoms with Gasteiger partial charge >= 0.3 is 0 Å². The lowest BCUT2D eigenvalue weighted by atomic mass is 9.92. The predicted molar refractivity (Wildman–Crippen MR) is 123 cm³/mol. The van der Waals surface area contributed by atoms with Crippen LogP contribution in [0.3, 0.4) is 0 Å². The van der Waals surface area contributed by atoms with Gasteiger partial charge in [-0.1, -0.05) is 12.8 Å². The molecule has 0 aromatic heterocycles. The van der Waals surface area contributed by atoms with E-state index in [1.165, 1.54) is 25.7 Å². The number of rotatable bonds is 3. The molecule has 0 radical (unpaired) electrons. The minimum absolute atomic E-state index is 0.0454. The van der Waals surface area contributed by atoms with Gasteiger partial charge < -0.3 is 14.9 Å². The summed E-state index contributed by atoms with van der Waals surface area (Å²) in [6.45, 7) is 4.82. The monoisotopic (exact) mass is 435 g/mol. The first kappa shape index (κ1) is 21.3. The molecule has 1 N–H and O–H groups in total. The summed E-state index contributed by atoms with van der Waals surface area (Å²) >= 11 is 0. The number of benzene rings is 1. The summed E-state index contributed by atoms with van der Waals surface area (Å²) in [5, 5.41) is 26.2. The fourth-order valence-corrected chi connectivity index (χ4v) is 5.77. The molecule has 1 aromatic carbocycles. The number of amides is 1. The Hall–Kier alpha value is -2.59. The van der Waals surface area contributed by atoms with E-state index < -0.39 is 0 Å². The Morgan fingerprint density at radius 3 is 2.53 bits per heavy atom. The number of carbonyl (C=O) groups excluding carboxylic acids is 1. The van der Waals surface area contributed by atoms with Crippen molar-refractivity contribution in [3.05, 3.63) is 29.3 Å². The van der Waals surface area contributed by atoms with Crippen LogP contribution in [-0.4, -0.2) is 65.0 Å². The summed E-state index contributed by atoms with van der Waals surface area (Å²) in [5.41, 5.74) is 2.76. The molecule has 7 nitrogen and oxygen atoms in total. The number of aryl methyl sites for hydroxylation is 1. The fraction of sp³-hybridized carbons (Fsp3) is 0.640. The number of nitriles is 1. The molecule has 1 unspecified atom stereocenters. The summed E-state index contributed by atoms with van der Waals surface area (Å²) in [6.07, 6.45) is 7.15. The third-order valence-electron chi connectivity index (χ3n) is 7.84. The first-order chi connectivity index (χ1) is 15.5. The highest BCUT2D eigenvalue weighted by molar-refractivity contribution is 5.90. The number of hydrazone groups is 1. The van der Waals surface area contributed by atoms with Gasteiger partial charge in [0.15, 0.2) is 0 Å². The minimum Gasteiger partial charge on any atom is -0.393 e. The van der Waals surface area contributed by atoms with Crippen LogP contribution in [0.4, 0.5) is 5.69 Å². The summed E-state index contributed by atoms with van der Waals surface area (Å²) in [4.78, 5) is 17.1. The average molecular weight is 436 g/mol. The van der Waals surface area contributed by atoms with Gasteiger partial charge in [-0.05, 0) is 62.3 Å². The second kappa shape index (κ2) is 8.74. The second-order valence-electron chi connectivity index (χ2n) is 9.95. The zero-order valence-electron chi connectivity index (χ0n) is 18.9. The molecule has 3 fully saturated rings. The normalized spacial score (nSPS) is 25.1. The number of piperidine rings is 1. The van der Waals surface area contributed by atoms with Crippen molar-refractivity contribution >= 4 is 17.4 Å². The van der Waals surface area contributed by atoms with E-state index in [-0.39, 0.29) is 17.9 Å². The van der Waals surface area contributed by atoms with Gasteiger partial charge in [-0.15, -0.1) is 0 Å². The Bertz CT molecular complexity index is 934. The minimum atomic E-state index is -0.255. The molecular weight excluding hydrogens is 402 g/mol. The van der Waals surface area contributed by atoms with Crippen LogP contribution < -0.4 is 5.01 Å². The first-order valence-corrected chi connectivity index (χ1v) is 12.1. The standard InChI is InChI=1S/C25H33N5O2/c1-17-12-21(7-6-19(17)14-26)30-23(18-4-2-3-5-18)13-24(27-30)29-15-20(16-29)25(32)28-10-8-22(31)9-11-28/h6-7,12,18,20,22-23,31H,2-5,8-11,13,15-16H2,1H3. The van der Waals surface area contributed by atoms with Crippen molar-refractivity contribution in [2.45, 2.75) is 64.0 Å². The van der Waals surface area contributed by atoms with Crippen LogP contribution in [0.5, 0.6) is 0 Å². The average Bonchev–Trinajstić information content (AvgIpc) is 3.43. The molecule has 32 heavy (non-hydrogen) atoms. The van der Waals surface area contributed by atoms with E-state index in [0.717, 1.165) is 36.6 Å². The molecule has 0 bridgehead atoms. The van der Waals surface area contributed by atoms with Gasteiger partial charge in [0.1, 0.15) is 5.84 Å². The van der Waals surface area contributed by atoms with Crippen LogP contribution in [0.2, 0.25) is 0 Å². The van der Waals surface area contributed by atoms with Crippen LogP contribution in [-0.2, 0) is 4.79 Å². The van der Waals surface area contributed by atoms with E-state index in [4.69, 9.17) is 5.10 Å². The van der Waals surface area contributed by atoms with Crippen molar-refractivity contribution in [3.8, 4) is 6.07 Å². The summed E-state index contributed by atoms with van der Waals surface area (Å²) in [7, 11) is 0. The second-order valence-corrected chi connectivity index (χ2v) is 9.95. The van der Waals surface area contributed by atoms with Gasteiger partial charge in [0, 0.05) is 32.6 Å². The van der Waals surface area contributed by atoms with Gasteiger partial charge in [0.25, 0.3) is 0 Å². The van der Waals surface area contributed by atoms with Crippen molar-refractivity contribution in [2.75, 3.05) is 31.2 Å². The lowest BCUT2D eigenvalue weighted by Crippen LogP contribution is -2.57. The molecule has 1 amide bonds. The molecule has 1 aromatic rings. The Morgan fingerprint density at radius 1 is 1.16 bits per heavy atom. The van der Waals surface area contributed by atoms with Crippen molar-refractivity contribution in [3.63, 3.8) is 0 Å². The van der Waals surface area contributed by atoms with Gasteiger partial charge in [-0.25, -0.2) is 0 Å². The summed E-state index contributed by atoms with van der Waals surface area (Å²) in [5.74, 6) is 2.02. The lowest BCUT2D eigenvalue weighted by Gasteiger charge is -2.42. The van der Waals surface area contributed by atoms with Gasteiger partial charge in [0.2, 0.25) is 5.91 Å². The zero-order chi connectivity index (χ0) is 22.2. The van der Waals surface area contributed by atoms with E-state index in [1.807, 2.05) is 24.0 Å². The number of hydrogen-bond acceptors (Lipinski definition) is 6. The number of amidine groups is 1. The quantitative estimate of drug-likeness (QED) is 0.789. The van der Waals surface area contributed by atoms with Crippen LogP contribution in [0, 0.1) is 30.1 Å². The molecular formula is C25H33N5O2. The van der Waals surface area contributed by atoms with Gasteiger partial charge in [-0.2, -0.15) is 10.4 Å². The molecule has 170 valence electrons. The molecule has 7 heteroatoms. The van der Waals surface area contributed by atoms with Crippen molar-refractivity contribution in [1.82, 2.24) is 9.80 Å². The van der Waals surface area contributed by atoms with E-state index in [9.17, 15) is 15.2 Å². The van der Waals surface area contributed by atoms with E-state index in [0.29, 0.717) is 43.5 Å². The van der Waals surface area contributed by atoms with E-state index in [2.05, 4.69) is 22.0 Å². The molecule has 3 heterocycles. The highest BCUT2D eigenvalue weighted by atomic mass is 16.3. The number of carbonyl (C=O) groups is 1. The van der Waals surface area contributed by atoms with Crippen molar-refractivity contribution < 1.29 is 9.90 Å². The van der Waals surface area contributed by atoms with Crippen LogP contribution >= 0.6 is 0 Å². The van der Waals surface area contributed by atoms with Crippen LogP contribution in [0.1, 0.15) is 56.1 Å². The topological polar surface area (TPSA) is 83.2 Å². The van der Waals surface area contributed by atoms with Crippen LogP contribution in [0.25, 0.3) is 0 Å². The molecule has 1 saturated carbocycles. The molecule has 1 atom stereocenters. The predicted octanol–water partition coefficient (Wildman–Crippen LogP) is 2.86. The highest BCUT2D eigenvalue weighted by Gasteiger charge is 2.43. The Kier molecular flexibility index (Phi) is 5.81. The first-order valence-electron chi connectivity index (χ1n) is 12.1. The fourth-order valence-electron chi connectivity index (χ4n) is 5.77. The molecule has 1 aliphatic carbocycles. The third kappa shape index (κ3) is 3.97. The number of hydrogen-bond donors (Lipinski definition) is 1. The zero-order valence-corrected chi connectivity index (χ0v) is 18.9. The number of nitrogens with zero attached hydrogens (tertiary/aromatic N) is 5. The van der Waals surface area contributed by atoms with E-state index in [1.54, 1.807) is 0 Å². The third-order valence-corrected chi connectivity index (χ3v) is 7.84. The van der Waals surface area contributed by atoms with Crippen molar-refractivity contribution in [2.24, 2.45) is 16.9 Å². The van der Waals surface area contributed by atoms with Gasteiger partial charge in [-0.3, -0.25) is 9.80 Å². The Balaban J connectivity index is 1.28. The Labute approximate surface area is 190 Å². The Morgan fingerprint density at radius 2 is 1.88 bits per heavy atom. The maximum atomic E-state index is 12.8. The van der Waals surface area contributed by atoms with Crippen LogP contribution in [0.15, 0.2) is 23.3 Å². The number of aliphatic hydroxyl groups is 1. The highest BCUT2D eigenvalue weighted by Crippen LogP contribution is 2.39. The maximum Gasteiger partial charge on any atom is 0.229 e. The number of aliphatic hydroxyl groups excluding tert-OH is 1. The number of anilines is 1. The summed E-state index contributed by atoms with van der Waals surface area (Å²) in [6, 6.07) is 8.62. The lowest BCUT2D eigenvalue weighted by molar-refractivity contribution is -0.141. The SMILES string of the molecule is Cc1cc(N2N=C(N3CC(C(=O)N4CCC(O)CC4)C3)CC2C2CCCC2)ccc1C#N. The molecule has 5 rings (SSSR count).